The van der Waals surface area contributed by atoms with Crippen LogP contribution in [0.1, 0.15) is 17.5 Å². The van der Waals surface area contributed by atoms with E-state index < -0.39 is 12.0 Å². The summed E-state index contributed by atoms with van der Waals surface area (Å²) < 4.78 is 4.87. The molecule has 1 aliphatic rings. The molecule has 0 spiro atoms. The number of aliphatic carboxylic acids is 1. The zero-order valence-electron chi connectivity index (χ0n) is 12.0. The van der Waals surface area contributed by atoms with Crippen molar-refractivity contribution in [2.24, 2.45) is 0 Å². The van der Waals surface area contributed by atoms with Gasteiger partial charge >= 0.3 is 12.0 Å². The normalized spacial score (nSPS) is 15.2. The SMILES string of the molecule is COCCC(NC(=O)N1CCc2ccccc2C1)C(=O)O. The number of hydrogen-bond acceptors (Lipinski definition) is 3. The van der Waals surface area contributed by atoms with Gasteiger partial charge in [0.2, 0.25) is 0 Å². The van der Waals surface area contributed by atoms with Crippen LogP contribution in [0.4, 0.5) is 4.79 Å². The third kappa shape index (κ3) is 3.95. The molecule has 0 aromatic heterocycles. The van der Waals surface area contributed by atoms with Crippen molar-refractivity contribution in [3.05, 3.63) is 35.4 Å². The number of ether oxygens (including phenoxy) is 1. The fourth-order valence-corrected chi connectivity index (χ4v) is 2.40. The summed E-state index contributed by atoms with van der Waals surface area (Å²) in [5.41, 5.74) is 2.36. The van der Waals surface area contributed by atoms with Crippen LogP contribution in [0.3, 0.4) is 0 Å². The molecule has 0 fully saturated rings. The highest BCUT2D eigenvalue weighted by Gasteiger charge is 2.25. The van der Waals surface area contributed by atoms with Crippen LogP contribution in [0.5, 0.6) is 0 Å². The van der Waals surface area contributed by atoms with Crippen molar-refractivity contribution in [3.63, 3.8) is 0 Å². The van der Waals surface area contributed by atoms with E-state index in [1.165, 1.54) is 12.7 Å². The lowest BCUT2D eigenvalue weighted by Crippen LogP contribution is -2.49. The van der Waals surface area contributed by atoms with Gasteiger partial charge in [0.25, 0.3) is 0 Å². The second kappa shape index (κ2) is 7.08. The first-order valence-electron chi connectivity index (χ1n) is 6.95. The topological polar surface area (TPSA) is 78.9 Å². The van der Waals surface area contributed by atoms with Crippen LogP contribution in [0.2, 0.25) is 0 Å². The maximum Gasteiger partial charge on any atom is 0.326 e. The van der Waals surface area contributed by atoms with Crippen LogP contribution >= 0.6 is 0 Å². The van der Waals surface area contributed by atoms with Gasteiger partial charge in [-0.05, 0) is 17.5 Å². The van der Waals surface area contributed by atoms with E-state index in [0.717, 1.165) is 12.0 Å². The van der Waals surface area contributed by atoms with Gasteiger partial charge in [-0.3, -0.25) is 0 Å². The van der Waals surface area contributed by atoms with Crippen LogP contribution in [0.25, 0.3) is 0 Å². The summed E-state index contributed by atoms with van der Waals surface area (Å²) in [6.07, 6.45) is 1.04. The number of rotatable bonds is 5. The number of hydrogen-bond donors (Lipinski definition) is 2. The monoisotopic (exact) mass is 292 g/mol. The number of carboxylic acid groups (broad SMARTS) is 1. The summed E-state index contributed by atoms with van der Waals surface area (Å²) in [7, 11) is 1.50. The number of urea groups is 1. The van der Waals surface area contributed by atoms with Crippen LogP contribution in [-0.2, 0) is 22.5 Å². The second-order valence-electron chi connectivity index (χ2n) is 5.06. The Balaban J connectivity index is 1.96. The summed E-state index contributed by atoms with van der Waals surface area (Å²) in [5.74, 6) is -1.04. The molecule has 1 aromatic carbocycles. The Hall–Kier alpha value is -2.08. The summed E-state index contributed by atoms with van der Waals surface area (Å²) >= 11 is 0. The van der Waals surface area contributed by atoms with Crippen LogP contribution < -0.4 is 5.32 Å². The third-order valence-corrected chi connectivity index (χ3v) is 3.62. The average molecular weight is 292 g/mol. The third-order valence-electron chi connectivity index (χ3n) is 3.62. The van der Waals surface area contributed by atoms with Crippen LogP contribution in [-0.4, -0.2) is 48.3 Å². The van der Waals surface area contributed by atoms with Gasteiger partial charge in [-0.2, -0.15) is 0 Å². The smallest absolute Gasteiger partial charge is 0.326 e. The van der Waals surface area contributed by atoms with Crippen molar-refractivity contribution < 1.29 is 19.4 Å². The molecule has 1 heterocycles. The van der Waals surface area contributed by atoms with E-state index in [1.54, 1.807) is 4.90 Å². The van der Waals surface area contributed by atoms with Gasteiger partial charge in [-0.1, -0.05) is 24.3 Å². The van der Waals surface area contributed by atoms with Gasteiger partial charge in [0, 0.05) is 33.2 Å². The molecular formula is C15H20N2O4. The number of carboxylic acids is 1. The quantitative estimate of drug-likeness (QED) is 0.856. The molecule has 114 valence electrons. The number of methoxy groups -OCH3 is 1. The molecule has 1 aliphatic heterocycles. The molecule has 1 atom stereocenters. The molecule has 2 rings (SSSR count). The minimum atomic E-state index is -1.04. The number of benzene rings is 1. The molecule has 6 nitrogen and oxygen atoms in total. The fraction of sp³-hybridized carbons (Fsp3) is 0.467. The van der Waals surface area contributed by atoms with Crippen molar-refractivity contribution in [2.45, 2.75) is 25.4 Å². The van der Waals surface area contributed by atoms with E-state index in [-0.39, 0.29) is 12.5 Å². The Bertz CT molecular complexity index is 518. The summed E-state index contributed by atoms with van der Waals surface area (Å²) in [6, 6.07) is 6.72. The first kappa shape index (κ1) is 15.3. The van der Waals surface area contributed by atoms with E-state index in [1.807, 2.05) is 18.2 Å². The van der Waals surface area contributed by atoms with Crippen molar-refractivity contribution in [3.8, 4) is 0 Å². The maximum absolute atomic E-state index is 12.2. The van der Waals surface area contributed by atoms with E-state index in [4.69, 9.17) is 9.84 Å². The van der Waals surface area contributed by atoms with Gasteiger partial charge in [0.15, 0.2) is 0 Å². The predicted molar refractivity (Wildman–Crippen MR) is 77.0 cm³/mol. The van der Waals surface area contributed by atoms with Gasteiger partial charge in [-0.25, -0.2) is 9.59 Å². The number of nitrogens with one attached hydrogen (secondary N) is 1. The number of carbonyl (C=O) groups is 2. The second-order valence-corrected chi connectivity index (χ2v) is 5.06. The summed E-state index contributed by atoms with van der Waals surface area (Å²) in [4.78, 5) is 25.0. The van der Waals surface area contributed by atoms with Crippen molar-refractivity contribution in [2.75, 3.05) is 20.3 Å². The molecule has 0 bridgehead atoms. The van der Waals surface area contributed by atoms with E-state index in [2.05, 4.69) is 11.4 Å². The highest BCUT2D eigenvalue weighted by Crippen LogP contribution is 2.18. The molecule has 6 heteroatoms. The molecule has 1 unspecified atom stereocenters. The molecule has 0 aliphatic carbocycles. The molecule has 2 amide bonds. The van der Waals surface area contributed by atoms with Gasteiger partial charge in [-0.15, -0.1) is 0 Å². The molecule has 2 N–H and O–H groups in total. The molecular weight excluding hydrogens is 272 g/mol. The number of carbonyl (C=O) groups excluding carboxylic acids is 1. The van der Waals surface area contributed by atoms with Gasteiger partial charge < -0.3 is 20.1 Å². The Morgan fingerprint density at radius 3 is 2.76 bits per heavy atom. The highest BCUT2D eigenvalue weighted by molar-refractivity contribution is 5.82. The predicted octanol–water partition coefficient (Wildman–Crippen LogP) is 1.24. The lowest BCUT2D eigenvalue weighted by Gasteiger charge is -2.30. The molecule has 0 saturated carbocycles. The van der Waals surface area contributed by atoms with E-state index in [0.29, 0.717) is 19.7 Å². The number of fused-ring (bicyclic) bond motifs is 1. The Kier molecular flexibility index (Phi) is 5.16. The molecule has 21 heavy (non-hydrogen) atoms. The minimum absolute atomic E-state index is 0.252. The average Bonchev–Trinajstić information content (AvgIpc) is 2.50. The van der Waals surface area contributed by atoms with Crippen LogP contribution in [0.15, 0.2) is 24.3 Å². The molecule has 0 radical (unpaired) electrons. The summed E-state index contributed by atoms with van der Waals surface area (Å²) in [6.45, 7) is 1.40. The van der Waals surface area contributed by atoms with Crippen LogP contribution in [0, 0.1) is 0 Å². The first-order valence-corrected chi connectivity index (χ1v) is 6.95. The van der Waals surface area contributed by atoms with E-state index >= 15 is 0 Å². The Morgan fingerprint density at radius 2 is 2.10 bits per heavy atom. The number of nitrogens with zero attached hydrogens (tertiary/aromatic N) is 1. The zero-order valence-corrected chi connectivity index (χ0v) is 12.0. The van der Waals surface area contributed by atoms with Crippen molar-refractivity contribution in [1.82, 2.24) is 10.2 Å². The highest BCUT2D eigenvalue weighted by atomic mass is 16.5. The Labute approximate surface area is 123 Å². The lowest BCUT2D eigenvalue weighted by atomic mass is 10.0. The van der Waals surface area contributed by atoms with Gasteiger partial charge in [0.1, 0.15) is 6.04 Å². The van der Waals surface area contributed by atoms with Crippen molar-refractivity contribution in [1.29, 1.82) is 0 Å². The molecule has 0 saturated heterocycles. The maximum atomic E-state index is 12.2. The van der Waals surface area contributed by atoms with E-state index in [9.17, 15) is 9.59 Å². The van der Waals surface area contributed by atoms with Crippen molar-refractivity contribution >= 4 is 12.0 Å². The zero-order chi connectivity index (χ0) is 15.2. The standard InChI is InChI=1S/C15H20N2O4/c1-21-9-7-13(14(18)19)16-15(20)17-8-6-11-4-2-3-5-12(11)10-17/h2-5,13H,6-10H2,1H3,(H,16,20)(H,18,19). The largest absolute Gasteiger partial charge is 0.480 e. The minimum Gasteiger partial charge on any atom is -0.480 e. The molecule has 1 aromatic rings. The first-order chi connectivity index (χ1) is 10.1. The summed E-state index contributed by atoms with van der Waals surface area (Å²) in [5, 5.41) is 11.7. The fourth-order valence-electron chi connectivity index (χ4n) is 2.40. The van der Waals surface area contributed by atoms with Gasteiger partial charge in [0.05, 0.1) is 0 Å². The lowest BCUT2D eigenvalue weighted by molar-refractivity contribution is -0.139. The number of amides is 2. The Morgan fingerprint density at radius 1 is 1.38 bits per heavy atom.